The van der Waals surface area contributed by atoms with Crippen molar-refractivity contribution in [1.82, 2.24) is 5.32 Å². The first-order valence-electron chi connectivity index (χ1n) is 5.83. The van der Waals surface area contributed by atoms with Crippen LogP contribution >= 0.6 is 11.6 Å². The molecule has 0 aliphatic heterocycles. The van der Waals surface area contributed by atoms with Crippen molar-refractivity contribution in [2.24, 2.45) is 0 Å². The molecule has 1 amide bonds. The van der Waals surface area contributed by atoms with Gasteiger partial charge in [-0.15, -0.1) is 0 Å². The van der Waals surface area contributed by atoms with E-state index in [0.717, 1.165) is 5.56 Å². The monoisotopic (exact) mass is 290 g/mol. The topological polar surface area (TPSA) is 72.2 Å². The van der Waals surface area contributed by atoms with Crippen LogP contribution in [-0.2, 0) is 6.54 Å². The molecule has 0 aromatic heterocycles. The van der Waals surface area contributed by atoms with Gasteiger partial charge in [0.2, 0.25) is 0 Å². The van der Waals surface area contributed by atoms with Gasteiger partial charge < -0.3 is 5.32 Å². The predicted octanol–water partition coefficient (Wildman–Crippen LogP) is 3.18. The Morgan fingerprint density at radius 2 is 1.90 bits per heavy atom. The molecule has 0 aliphatic rings. The molecular formula is C14H11ClN2O3. The van der Waals surface area contributed by atoms with Crippen LogP contribution in [0.2, 0.25) is 5.02 Å². The Bertz CT molecular complexity index is 641. The van der Waals surface area contributed by atoms with Crippen molar-refractivity contribution in [2.45, 2.75) is 6.54 Å². The van der Waals surface area contributed by atoms with Gasteiger partial charge in [-0.3, -0.25) is 14.9 Å². The van der Waals surface area contributed by atoms with E-state index in [0.29, 0.717) is 11.6 Å². The van der Waals surface area contributed by atoms with Crippen LogP contribution in [0.1, 0.15) is 15.9 Å². The molecule has 20 heavy (non-hydrogen) atoms. The molecule has 0 bridgehead atoms. The van der Waals surface area contributed by atoms with Crippen LogP contribution in [0.25, 0.3) is 0 Å². The van der Waals surface area contributed by atoms with E-state index in [2.05, 4.69) is 5.32 Å². The predicted molar refractivity (Wildman–Crippen MR) is 75.7 cm³/mol. The first-order chi connectivity index (χ1) is 9.56. The molecule has 2 aromatic rings. The van der Waals surface area contributed by atoms with Crippen molar-refractivity contribution >= 4 is 23.2 Å². The minimum Gasteiger partial charge on any atom is -0.348 e. The number of nitrogens with zero attached hydrogens (tertiary/aromatic N) is 1. The number of nitro groups is 1. The van der Waals surface area contributed by atoms with Crippen LogP contribution in [0.15, 0.2) is 48.5 Å². The number of halogens is 1. The van der Waals surface area contributed by atoms with E-state index >= 15 is 0 Å². The first kappa shape index (κ1) is 14.0. The molecule has 1 N–H and O–H groups in total. The van der Waals surface area contributed by atoms with Gasteiger partial charge >= 0.3 is 0 Å². The van der Waals surface area contributed by atoms with Gasteiger partial charge in [-0.1, -0.05) is 29.8 Å². The van der Waals surface area contributed by atoms with Gasteiger partial charge in [-0.25, -0.2) is 0 Å². The SMILES string of the molecule is O=C(NCc1ccc(Cl)cc1)c1cccc([N+](=O)[O-])c1. The normalized spacial score (nSPS) is 10.1. The third-order valence-electron chi connectivity index (χ3n) is 2.69. The molecule has 2 rings (SSSR count). The molecule has 0 spiro atoms. The second kappa shape index (κ2) is 6.16. The number of nitrogens with one attached hydrogen (secondary N) is 1. The maximum atomic E-state index is 11.9. The van der Waals surface area contributed by atoms with Crippen molar-refractivity contribution in [3.8, 4) is 0 Å². The van der Waals surface area contributed by atoms with Crippen LogP contribution in [0, 0.1) is 10.1 Å². The van der Waals surface area contributed by atoms with Gasteiger partial charge in [0, 0.05) is 29.3 Å². The number of non-ortho nitro benzene ring substituents is 1. The van der Waals surface area contributed by atoms with E-state index in [1.54, 1.807) is 24.3 Å². The van der Waals surface area contributed by atoms with E-state index in [9.17, 15) is 14.9 Å². The number of rotatable bonds is 4. The van der Waals surface area contributed by atoms with Crippen LogP contribution in [-0.4, -0.2) is 10.8 Å². The fourth-order valence-electron chi connectivity index (χ4n) is 1.65. The van der Waals surface area contributed by atoms with Crippen LogP contribution < -0.4 is 5.32 Å². The summed E-state index contributed by atoms with van der Waals surface area (Å²) in [5.74, 6) is -0.358. The zero-order chi connectivity index (χ0) is 14.5. The maximum Gasteiger partial charge on any atom is 0.270 e. The summed E-state index contributed by atoms with van der Waals surface area (Å²) in [7, 11) is 0. The van der Waals surface area contributed by atoms with Gasteiger partial charge in [0.05, 0.1) is 4.92 Å². The van der Waals surface area contributed by atoms with Crippen molar-refractivity contribution in [1.29, 1.82) is 0 Å². The van der Waals surface area contributed by atoms with Crippen LogP contribution in [0.3, 0.4) is 0 Å². The third-order valence-corrected chi connectivity index (χ3v) is 2.94. The highest BCUT2D eigenvalue weighted by Gasteiger charge is 2.10. The van der Waals surface area contributed by atoms with E-state index in [4.69, 9.17) is 11.6 Å². The minimum absolute atomic E-state index is 0.107. The highest BCUT2D eigenvalue weighted by molar-refractivity contribution is 6.30. The summed E-state index contributed by atoms with van der Waals surface area (Å²) < 4.78 is 0. The summed E-state index contributed by atoms with van der Waals surface area (Å²) >= 11 is 5.77. The van der Waals surface area contributed by atoms with Crippen molar-refractivity contribution in [3.63, 3.8) is 0 Å². The van der Waals surface area contributed by atoms with Crippen molar-refractivity contribution in [3.05, 3.63) is 74.8 Å². The molecule has 0 saturated carbocycles. The quantitative estimate of drug-likeness (QED) is 0.694. The summed E-state index contributed by atoms with van der Waals surface area (Å²) in [5, 5.41) is 14.0. The van der Waals surface area contributed by atoms with E-state index in [1.165, 1.54) is 24.3 Å². The molecule has 6 heteroatoms. The Morgan fingerprint density at radius 1 is 1.20 bits per heavy atom. The van der Waals surface area contributed by atoms with Gasteiger partial charge in [0.15, 0.2) is 0 Å². The fraction of sp³-hybridized carbons (Fsp3) is 0.0714. The number of carbonyl (C=O) groups excluding carboxylic acids is 1. The molecule has 2 aromatic carbocycles. The molecule has 102 valence electrons. The zero-order valence-corrected chi connectivity index (χ0v) is 11.1. The molecule has 0 fully saturated rings. The number of benzene rings is 2. The Kier molecular flexibility index (Phi) is 4.32. The average molecular weight is 291 g/mol. The summed E-state index contributed by atoms with van der Waals surface area (Å²) in [6.45, 7) is 0.332. The Balaban J connectivity index is 2.03. The first-order valence-corrected chi connectivity index (χ1v) is 6.21. The third kappa shape index (κ3) is 3.55. The number of carbonyl (C=O) groups is 1. The number of hydrogen-bond acceptors (Lipinski definition) is 3. The van der Waals surface area contributed by atoms with E-state index in [1.807, 2.05) is 0 Å². The summed E-state index contributed by atoms with van der Waals surface area (Å²) in [6.07, 6.45) is 0. The van der Waals surface area contributed by atoms with Crippen molar-refractivity contribution < 1.29 is 9.72 Å². The molecule has 0 atom stereocenters. The number of nitro benzene ring substituents is 1. The molecule has 0 heterocycles. The Morgan fingerprint density at radius 3 is 2.55 bits per heavy atom. The highest BCUT2D eigenvalue weighted by Crippen LogP contribution is 2.13. The molecular weight excluding hydrogens is 280 g/mol. The molecule has 0 aliphatic carbocycles. The molecule has 0 unspecified atom stereocenters. The lowest BCUT2D eigenvalue weighted by Gasteiger charge is -2.05. The standard InChI is InChI=1S/C14H11ClN2O3/c15-12-6-4-10(5-7-12)9-16-14(18)11-2-1-3-13(8-11)17(19)20/h1-8H,9H2,(H,16,18). The number of amides is 1. The van der Waals surface area contributed by atoms with Gasteiger partial charge in [0.25, 0.3) is 11.6 Å². The molecule has 0 saturated heterocycles. The largest absolute Gasteiger partial charge is 0.348 e. The lowest BCUT2D eigenvalue weighted by atomic mass is 10.1. The van der Waals surface area contributed by atoms with Gasteiger partial charge in [0.1, 0.15) is 0 Å². The second-order valence-corrected chi connectivity index (χ2v) is 4.55. The summed E-state index contributed by atoms with van der Waals surface area (Å²) in [4.78, 5) is 22.0. The summed E-state index contributed by atoms with van der Waals surface area (Å²) in [6, 6.07) is 12.7. The smallest absolute Gasteiger partial charge is 0.270 e. The average Bonchev–Trinajstić information content (AvgIpc) is 2.46. The number of hydrogen-bond donors (Lipinski definition) is 1. The van der Waals surface area contributed by atoms with E-state index in [-0.39, 0.29) is 17.2 Å². The Labute approximate surface area is 120 Å². The van der Waals surface area contributed by atoms with Crippen LogP contribution in [0.5, 0.6) is 0 Å². The second-order valence-electron chi connectivity index (χ2n) is 4.12. The lowest BCUT2D eigenvalue weighted by Crippen LogP contribution is -2.22. The van der Waals surface area contributed by atoms with Crippen molar-refractivity contribution in [2.75, 3.05) is 0 Å². The fourth-order valence-corrected chi connectivity index (χ4v) is 1.77. The zero-order valence-electron chi connectivity index (χ0n) is 10.4. The summed E-state index contributed by atoms with van der Waals surface area (Å²) in [5.41, 5.74) is 1.05. The van der Waals surface area contributed by atoms with Gasteiger partial charge in [-0.2, -0.15) is 0 Å². The molecule has 5 nitrogen and oxygen atoms in total. The minimum atomic E-state index is -0.532. The highest BCUT2D eigenvalue weighted by atomic mass is 35.5. The maximum absolute atomic E-state index is 11.9. The van der Waals surface area contributed by atoms with Crippen LogP contribution in [0.4, 0.5) is 5.69 Å². The van der Waals surface area contributed by atoms with E-state index < -0.39 is 4.92 Å². The Hall–Kier alpha value is -2.40. The lowest BCUT2D eigenvalue weighted by molar-refractivity contribution is -0.384. The van der Waals surface area contributed by atoms with Gasteiger partial charge in [-0.05, 0) is 23.8 Å². The molecule has 0 radical (unpaired) electrons.